The van der Waals surface area contributed by atoms with Crippen LogP contribution >= 0.6 is 22.7 Å². The van der Waals surface area contributed by atoms with Gasteiger partial charge in [-0.15, -0.1) is 22.7 Å². The number of unbranched alkanes of at least 4 members (excludes halogenated alkanes) is 5. The first kappa shape index (κ1) is 27.3. The average Bonchev–Trinajstić information content (AvgIpc) is 3.74. The highest BCUT2D eigenvalue weighted by Crippen LogP contribution is 2.47. The van der Waals surface area contributed by atoms with E-state index in [1.165, 1.54) is 89.0 Å². The first-order valence-electron chi connectivity index (χ1n) is 16.0. The zero-order chi connectivity index (χ0) is 30.4. The van der Waals surface area contributed by atoms with Crippen molar-refractivity contribution in [2.24, 2.45) is 7.05 Å². The Bertz CT molecular complexity index is 2630. The van der Waals surface area contributed by atoms with Gasteiger partial charge in [-0.3, -0.25) is 0 Å². The molecule has 9 rings (SSSR count). The molecule has 2 nitrogen and oxygen atoms in total. The lowest BCUT2D eigenvalue weighted by Gasteiger charge is -2.09. The minimum absolute atomic E-state index is 0.192. The third-order valence-corrected chi connectivity index (χ3v) is 12.1. The molecule has 0 aliphatic rings. The van der Waals surface area contributed by atoms with Gasteiger partial charge in [-0.1, -0.05) is 51.2 Å². The molecule has 4 heterocycles. The zero-order valence-electron chi connectivity index (χ0n) is 25.3. The molecule has 0 saturated carbocycles. The Kier molecular flexibility index (Phi) is 6.23. The van der Waals surface area contributed by atoms with Gasteiger partial charge in [0.25, 0.3) is 0 Å². The van der Waals surface area contributed by atoms with Crippen LogP contribution in [0.2, 0.25) is 0 Å². The van der Waals surface area contributed by atoms with E-state index >= 15 is 0 Å². The van der Waals surface area contributed by atoms with Crippen LogP contribution < -0.4 is 0 Å². The summed E-state index contributed by atoms with van der Waals surface area (Å²) in [5.74, 6) is -0.397. The van der Waals surface area contributed by atoms with Crippen LogP contribution in [0.4, 0.5) is 8.78 Å². The van der Waals surface area contributed by atoms with E-state index < -0.39 is 0 Å². The van der Waals surface area contributed by atoms with Gasteiger partial charge in [-0.05, 0) is 88.6 Å². The van der Waals surface area contributed by atoms with Crippen molar-refractivity contribution in [1.29, 1.82) is 0 Å². The molecule has 6 heteroatoms. The lowest BCUT2D eigenvalue weighted by molar-refractivity contribution is 0.571. The van der Waals surface area contributed by atoms with Gasteiger partial charge in [0.05, 0.1) is 31.5 Å². The molecule has 0 radical (unpaired) electrons. The van der Waals surface area contributed by atoms with Gasteiger partial charge in [0.1, 0.15) is 11.6 Å². The number of rotatable bonds is 7. The normalized spacial score (nSPS) is 12.6. The molecule has 0 bridgehead atoms. The summed E-state index contributed by atoms with van der Waals surface area (Å²) >= 11 is 3.73. The Morgan fingerprint density at radius 3 is 1.78 bits per heavy atom. The fourth-order valence-electron chi connectivity index (χ4n) is 7.53. The quantitative estimate of drug-likeness (QED) is 0.155. The van der Waals surface area contributed by atoms with Crippen molar-refractivity contribution in [3.8, 4) is 0 Å². The number of hydrogen-bond donors (Lipinski definition) is 0. The molecule has 0 spiro atoms. The predicted octanol–water partition coefficient (Wildman–Crippen LogP) is 12.8. The molecule has 45 heavy (non-hydrogen) atoms. The lowest BCUT2D eigenvalue weighted by Crippen LogP contribution is -1.98. The Labute approximate surface area is 267 Å². The second kappa shape index (κ2) is 10.3. The third-order valence-electron chi connectivity index (χ3n) is 9.76. The van der Waals surface area contributed by atoms with Crippen LogP contribution in [-0.4, -0.2) is 9.13 Å². The largest absolute Gasteiger partial charge is 0.342 e. The summed E-state index contributed by atoms with van der Waals surface area (Å²) in [4.78, 5) is 0. The molecule has 5 aromatic carbocycles. The number of aryl methyl sites for hydroxylation is 2. The van der Waals surface area contributed by atoms with Crippen LogP contribution in [-0.2, 0) is 13.6 Å². The van der Waals surface area contributed by atoms with Crippen molar-refractivity contribution >= 4 is 107 Å². The number of nitrogens with zero attached hydrogens (tertiary/aromatic N) is 2. The topological polar surface area (TPSA) is 9.86 Å². The number of fused-ring (bicyclic) bond motifs is 12. The first-order valence-corrected chi connectivity index (χ1v) is 17.6. The summed E-state index contributed by atoms with van der Waals surface area (Å²) in [7, 11) is 2.13. The maximum Gasteiger partial charge on any atom is 0.123 e. The molecule has 0 unspecified atom stereocenters. The van der Waals surface area contributed by atoms with Crippen LogP contribution in [0.5, 0.6) is 0 Å². The van der Waals surface area contributed by atoms with Crippen molar-refractivity contribution in [3.05, 3.63) is 84.4 Å². The Balaban J connectivity index is 1.27. The van der Waals surface area contributed by atoms with E-state index in [-0.39, 0.29) is 11.6 Å². The van der Waals surface area contributed by atoms with Crippen LogP contribution in [0.15, 0.2) is 72.8 Å². The lowest BCUT2D eigenvalue weighted by atomic mass is 10.1. The molecule has 0 aliphatic carbocycles. The van der Waals surface area contributed by atoms with E-state index in [2.05, 4.69) is 59.5 Å². The number of thiophene rings is 2. The Morgan fingerprint density at radius 1 is 0.556 bits per heavy atom. The van der Waals surface area contributed by atoms with Crippen LogP contribution in [0, 0.1) is 11.6 Å². The number of halogens is 2. The second-order valence-electron chi connectivity index (χ2n) is 12.6. The summed E-state index contributed by atoms with van der Waals surface area (Å²) < 4.78 is 38.3. The van der Waals surface area contributed by atoms with Gasteiger partial charge < -0.3 is 9.13 Å². The molecule has 0 fully saturated rings. The van der Waals surface area contributed by atoms with Gasteiger partial charge in [-0.25, -0.2) is 8.78 Å². The highest BCUT2D eigenvalue weighted by molar-refractivity contribution is 7.28. The van der Waals surface area contributed by atoms with E-state index in [4.69, 9.17) is 0 Å². The van der Waals surface area contributed by atoms with Gasteiger partial charge in [-0.2, -0.15) is 0 Å². The first-order chi connectivity index (χ1) is 22.0. The smallest absolute Gasteiger partial charge is 0.123 e. The van der Waals surface area contributed by atoms with Crippen molar-refractivity contribution in [2.75, 3.05) is 0 Å². The third kappa shape index (κ3) is 4.15. The molecule has 4 aromatic heterocycles. The van der Waals surface area contributed by atoms with E-state index in [1.807, 2.05) is 34.8 Å². The molecule has 0 atom stereocenters. The van der Waals surface area contributed by atoms with E-state index in [0.29, 0.717) is 0 Å². The molecule has 0 aliphatic heterocycles. The van der Waals surface area contributed by atoms with Crippen molar-refractivity contribution in [3.63, 3.8) is 0 Å². The van der Waals surface area contributed by atoms with Crippen molar-refractivity contribution < 1.29 is 8.78 Å². The standard InChI is InChI=1S/C39H32F2N2S2/c1-3-4-5-6-7-8-13-43-33-19-25-15-27(41)12-10-23(25)17-29(33)39-37(43)31-21-34-30(20-35(31)45-39)36-38(44-34)28-16-22-9-11-26(40)14-24(22)18-32(28)42(36)2/h9-12,14-21H,3-8,13H2,1-2H3. The summed E-state index contributed by atoms with van der Waals surface area (Å²) in [6.07, 6.45) is 7.49. The summed E-state index contributed by atoms with van der Waals surface area (Å²) in [5, 5.41) is 9.07. The summed E-state index contributed by atoms with van der Waals surface area (Å²) in [6.45, 7) is 3.22. The number of benzene rings is 5. The van der Waals surface area contributed by atoms with Gasteiger partial charge in [0.2, 0.25) is 0 Å². The Hall–Kier alpha value is -4.00. The van der Waals surface area contributed by atoms with Crippen molar-refractivity contribution in [1.82, 2.24) is 9.13 Å². The number of hydrogen-bond acceptors (Lipinski definition) is 2. The summed E-state index contributed by atoms with van der Waals surface area (Å²) in [6, 6.07) is 23.8. The fourth-order valence-corrected chi connectivity index (χ4v) is 10.1. The molecule has 0 N–H and O–H groups in total. The predicted molar refractivity (Wildman–Crippen MR) is 192 cm³/mol. The van der Waals surface area contributed by atoms with Crippen LogP contribution in [0.25, 0.3) is 84.0 Å². The van der Waals surface area contributed by atoms with Gasteiger partial charge in [0.15, 0.2) is 0 Å². The van der Waals surface area contributed by atoms with Crippen LogP contribution in [0.3, 0.4) is 0 Å². The molecular formula is C39H32F2N2S2. The maximum atomic E-state index is 14.2. The molecule has 9 aromatic rings. The van der Waals surface area contributed by atoms with Crippen molar-refractivity contribution in [2.45, 2.75) is 52.0 Å². The Morgan fingerprint density at radius 2 is 1.11 bits per heavy atom. The minimum atomic E-state index is -0.205. The summed E-state index contributed by atoms with van der Waals surface area (Å²) in [5.41, 5.74) is 4.89. The molecule has 224 valence electrons. The highest BCUT2D eigenvalue weighted by atomic mass is 32.1. The minimum Gasteiger partial charge on any atom is -0.342 e. The number of aromatic nitrogens is 2. The van der Waals surface area contributed by atoms with E-state index in [0.717, 1.165) is 40.0 Å². The average molecular weight is 631 g/mol. The fraction of sp³-hybridized carbons (Fsp3) is 0.231. The molecular weight excluding hydrogens is 599 g/mol. The molecule has 0 saturated heterocycles. The van der Waals surface area contributed by atoms with Gasteiger partial charge >= 0.3 is 0 Å². The van der Waals surface area contributed by atoms with E-state index in [9.17, 15) is 8.78 Å². The monoisotopic (exact) mass is 630 g/mol. The highest BCUT2D eigenvalue weighted by Gasteiger charge is 2.21. The van der Waals surface area contributed by atoms with Gasteiger partial charge in [0, 0.05) is 44.5 Å². The SMILES string of the molecule is CCCCCCCCn1c2cc3cc(F)ccc3cc2c2sc3cc4c(cc3c21)sc1c2cc3ccc(F)cc3cc2n(C)c41. The van der Waals surface area contributed by atoms with E-state index in [1.54, 1.807) is 24.3 Å². The zero-order valence-corrected chi connectivity index (χ0v) is 27.0. The van der Waals surface area contributed by atoms with Crippen LogP contribution in [0.1, 0.15) is 45.4 Å². The molecule has 0 amide bonds. The maximum absolute atomic E-state index is 14.2. The second-order valence-corrected chi connectivity index (χ2v) is 14.7.